The van der Waals surface area contributed by atoms with Crippen LogP contribution in [-0.4, -0.2) is 17.6 Å². The normalized spacial score (nSPS) is 11.8. The van der Waals surface area contributed by atoms with E-state index < -0.39 is 47.5 Å². The van der Waals surface area contributed by atoms with Crippen molar-refractivity contribution in [2.75, 3.05) is 6.61 Å². The van der Waals surface area contributed by atoms with Crippen LogP contribution in [0.2, 0.25) is 0 Å². The van der Waals surface area contributed by atoms with Gasteiger partial charge in [-0.05, 0) is 12.5 Å². The summed E-state index contributed by atoms with van der Waals surface area (Å²) in [6, 6.07) is 0. The van der Waals surface area contributed by atoms with Gasteiger partial charge in [0.15, 0.2) is 5.69 Å². The molecule has 20 heavy (non-hydrogen) atoms. The molecular formula is C11H11F5N2O2. The highest BCUT2D eigenvalue weighted by Crippen LogP contribution is 2.35. The molecule has 0 bridgehead atoms. The average molecular weight is 298 g/mol. The highest BCUT2D eigenvalue weighted by molar-refractivity contribution is 5.93. The predicted molar refractivity (Wildman–Crippen MR) is 58.0 cm³/mol. The molecular weight excluding hydrogens is 287 g/mol. The third-order valence-corrected chi connectivity index (χ3v) is 2.41. The van der Waals surface area contributed by atoms with Crippen molar-refractivity contribution in [2.45, 2.75) is 26.1 Å². The van der Waals surface area contributed by atoms with E-state index in [2.05, 4.69) is 9.72 Å². The highest BCUT2D eigenvalue weighted by Gasteiger charge is 2.40. The second-order valence-electron chi connectivity index (χ2n) is 3.64. The number of carbonyl (C=O) groups is 1. The molecule has 0 fully saturated rings. The lowest BCUT2D eigenvalue weighted by atomic mass is 10.0. The Hall–Kier alpha value is -1.77. The van der Waals surface area contributed by atoms with E-state index in [1.807, 2.05) is 0 Å². The zero-order chi connectivity index (χ0) is 15.5. The molecule has 1 aromatic heterocycles. The average Bonchev–Trinajstić information content (AvgIpc) is 2.35. The van der Waals surface area contributed by atoms with Crippen molar-refractivity contribution in [3.63, 3.8) is 0 Å². The fourth-order valence-corrected chi connectivity index (χ4v) is 1.61. The zero-order valence-electron chi connectivity index (χ0n) is 10.3. The maximum absolute atomic E-state index is 12.8. The third kappa shape index (κ3) is 3.21. The number of aromatic nitrogens is 1. The fourth-order valence-electron chi connectivity index (χ4n) is 1.61. The van der Waals surface area contributed by atoms with Gasteiger partial charge in [-0.1, -0.05) is 0 Å². The van der Waals surface area contributed by atoms with Crippen LogP contribution in [0.4, 0.5) is 22.0 Å². The van der Waals surface area contributed by atoms with Gasteiger partial charge in [0.25, 0.3) is 6.43 Å². The van der Waals surface area contributed by atoms with Crippen LogP contribution in [0, 0.1) is 0 Å². The zero-order valence-corrected chi connectivity index (χ0v) is 10.3. The first kappa shape index (κ1) is 16.3. The third-order valence-electron chi connectivity index (χ3n) is 2.41. The van der Waals surface area contributed by atoms with Gasteiger partial charge in [-0.25, -0.2) is 13.6 Å². The molecule has 2 N–H and O–H groups in total. The number of nitrogens with zero attached hydrogens (tertiary/aromatic N) is 1. The lowest BCUT2D eigenvalue weighted by molar-refractivity contribution is -0.141. The molecule has 0 aromatic carbocycles. The molecule has 0 radical (unpaired) electrons. The lowest BCUT2D eigenvalue weighted by Crippen LogP contribution is -2.22. The number of hydrogen-bond donors (Lipinski definition) is 1. The first-order valence-electron chi connectivity index (χ1n) is 5.48. The number of esters is 1. The van der Waals surface area contributed by atoms with E-state index in [9.17, 15) is 26.7 Å². The topological polar surface area (TPSA) is 65.2 Å². The number of ether oxygens (including phenoxy) is 1. The Morgan fingerprint density at radius 1 is 1.45 bits per heavy atom. The SMILES string of the molecule is CCOC(=O)c1c(C(F)(F)F)ncc(C(F)F)c1CN. The Morgan fingerprint density at radius 3 is 2.45 bits per heavy atom. The maximum atomic E-state index is 12.8. The van der Waals surface area contributed by atoms with Gasteiger partial charge in [-0.2, -0.15) is 13.2 Å². The second-order valence-corrected chi connectivity index (χ2v) is 3.64. The standard InChI is InChI=1S/C11H11F5N2O2/c1-2-20-10(19)7-5(3-17)6(9(12)13)4-18-8(7)11(14,15)16/h4,9H,2-3,17H2,1H3. The van der Waals surface area contributed by atoms with Crippen molar-refractivity contribution in [3.8, 4) is 0 Å². The lowest BCUT2D eigenvalue weighted by Gasteiger charge is -2.17. The van der Waals surface area contributed by atoms with E-state index in [0.29, 0.717) is 6.20 Å². The minimum Gasteiger partial charge on any atom is -0.462 e. The van der Waals surface area contributed by atoms with E-state index in [1.54, 1.807) is 0 Å². The molecule has 0 aliphatic carbocycles. The Morgan fingerprint density at radius 2 is 2.05 bits per heavy atom. The van der Waals surface area contributed by atoms with Gasteiger partial charge >= 0.3 is 12.1 Å². The summed E-state index contributed by atoms with van der Waals surface area (Å²) in [7, 11) is 0. The molecule has 1 rings (SSSR count). The van der Waals surface area contributed by atoms with Gasteiger partial charge in [0.2, 0.25) is 0 Å². The minimum absolute atomic E-state index is 0.209. The van der Waals surface area contributed by atoms with Gasteiger partial charge in [0, 0.05) is 18.3 Å². The molecule has 0 atom stereocenters. The van der Waals surface area contributed by atoms with Crippen LogP contribution in [0.5, 0.6) is 0 Å². The molecule has 0 aliphatic heterocycles. The first-order chi connectivity index (χ1) is 9.23. The molecule has 0 saturated heterocycles. The summed E-state index contributed by atoms with van der Waals surface area (Å²) in [5, 5.41) is 0. The van der Waals surface area contributed by atoms with E-state index in [4.69, 9.17) is 5.73 Å². The van der Waals surface area contributed by atoms with Crippen molar-refractivity contribution < 1.29 is 31.5 Å². The Kier molecular flexibility index (Phi) is 4.98. The summed E-state index contributed by atoms with van der Waals surface area (Å²) < 4.78 is 68.3. The van der Waals surface area contributed by atoms with E-state index in [-0.39, 0.29) is 6.61 Å². The monoisotopic (exact) mass is 298 g/mol. The Labute approximate surface area is 110 Å². The van der Waals surface area contributed by atoms with Crippen molar-refractivity contribution in [3.05, 3.63) is 28.6 Å². The number of nitrogens with two attached hydrogens (primary N) is 1. The molecule has 9 heteroatoms. The molecule has 0 saturated carbocycles. The number of alkyl halides is 5. The number of hydrogen-bond acceptors (Lipinski definition) is 4. The molecule has 1 heterocycles. The number of rotatable bonds is 4. The van der Waals surface area contributed by atoms with Crippen LogP contribution in [0.3, 0.4) is 0 Å². The fraction of sp³-hybridized carbons (Fsp3) is 0.455. The quantitative estimate of drug-likeness (QED) is 0.685. The van der Waals surface area contributed by atoms with Gasteiger partial charge in [0.05, 0.1) is 12.2 Å². The van der Waals surface area contributed by atoms with Crippen molar-refractivity contribution >= 4 is 5.97 Å². The van der Waals surface area contributed by atoms with Crippen LogP contribution >= 0.6 is 0 Å². The molecule has 0 aliphatic rings. The Bertz CT molecular complexity index is 502. The highest BCUT2D eigenvalue weighted by atomic mass is 19.4. The van der Waals surface area contributed by atoms with Crippen molar-refractivity contribution in [1.82, 2.24) is 4.98 Å². The largest absolute Gasteiger partial charge is 0.462 e. The summed E-state index contributed by atoms with van der Waals surface area (Å²) in [5.74, 6) is -1.38. The number of halogens is 5. The predicted octanol–water partition coefficient (Wildman–Crippen LogP) is 2.67. The van der Waals surface area contributed by atoms with Crippen LogP contribution in [0.15, 0.2) is 6.20 Å². The molecule has 0 spiro atoms. The maximum Gasteiger partial charge on any atom is 0.434 e. The van der Waals surface area contributed by atoms with Crippen LogP contribution < -0.4 is 5.73 Å². The first-order valence-corrected chi connectivity index (χ1v) is 5.48. The summed E-state index contributed by atoms with van der Waals surface area (Å²) >= 11 is 0. The molecule has 4 nitrogen and oxygen atoms in total. The summed E-state index contributed by atoms with van der Waals surface area (Å²) in [4.78, 5) is 14.5. The van der Waals surface area contributed by atoms with E-state index in [1.165, 1.54) is 6.92 Å². The van der Waals surface area contributed by atoms with Crippen LogP contribution in [0.1, 0.15) is 40.5 Å². The van der Waals surface area contributed by atoms with Gasteiger partial charge in [-0.15, -0.1) is 0 Å². The van der Waals surface area contributed by atoms with Gasteiger partial charge in [-0.3, -0.25) is 4.98 Å². The molecule has 1 aromatic rings. The summed E-state index contributed by atoms with van der Waals surface area (Å²) in [5.41, 5.74) is 1.13. The van der Waals surface area contributed by atoms with Gasteiger partial charge in [0.1, 0.15) is 0 Å². The van der Waals surface area contributed by atoms with E-state index >= 15 is 0 Å². The van der Waals surface area contributed by atoms with E-state index in [0.717, 1.165) is 0 Å². The summed E-state index contributed by atoms with van der Waals surface area (Å²) in [6.45, 7) is 0.496. The van der Waals surface area contributed by atoms with Crippen LogP contribution in [0.25, 0.3) is 0 Å². The molecule has 0 amide bonds. The van der Waals surface area contributed by atoms with Crippen LogP contribution in [-0.2, 0) is 17.5 Å². The smallest absolute Gasteiger partial charge is 0.434 e. The molecule has 112 valence electrons. The van der Waals surface area contributed by atoms with Gasteiger partial charge < -0.3 is 10.5 Å². The second kappa shape index (κ2) is 6.12. The molecule has 0 unspecified atom stereocenters. The van der Waals surface area contributed by atoms with Crippen molar-refractivity contribution in [1.29, 1.82) is 0 Å². The number of pyridine rings is 1. The van der Waals surface area contributed by atoms with Crippen molar-refractivity contribution in [2.24, 2.45) is 5.73 Å². The Balaban J connectivity index is 3.60. The minimum atomic E-state index is -4.98. The number of carbonyl (C=O) groups excluding carboxylic acids is 1. The summed E-state index contributed by atoms with van der Waals surface area (Å²) in [6.07, 6.45) is -7.71.